The third-order valence-electron chi connectivity index (χ3n) is 5.56. The zero-order valence-electron chi connectivity index (χ0n) is 15.3. The second-order valence-electron chi connectivity index (χ2n) is 7.16. The van der Waals surface area contributed by atoms with Crippen LogP contribution >= 0.6 is 24.8 Å². The highest BCUT2D eigenvalue weighted by molar-refractivity contribution is 5.85. The summed E-state index contributed by atoms with van der Waals surface area (Å²) in [5, 5.41) is 0. The van der Waals surface area contributed by atoms with Crippen molar-refractivity contribution in [1.82, 2.24) is 14.7 Å². The van der Waals surface area contributed by atoms with Gasteiger partial charge in [-0.1, -0.05) is 0 Å². The van der Waals surface area contributed by atoms with E-state index in [1.807, 2.05) is 9.80 Å². The van der Waals surface area contributed by atoms with Gasteiger partial charge >= 0.3 is 0 Å². The molecule has 3 rings (SSSR count). The zero-order valence-corrected chi connectivity index (χ0v) is 16.9. The molecule has 0 aromatic heterocycles. The minimum absolute atomic E-state index is 0. The number of carbonyl (C=O) groups excluding carboxylic acids is 2. The highest BCUT2D eigenvalue weighted by Gasteiger charge is 2.32. The third-order valence-corrected chi connectivity index (χ3v) is 5.56. The molecule has 0 bridgehead atoms. The van der Waals surface area contributed by atoms with Crippen molar-refractivity contribution in [3.63, 3.8) is 0 Å². The van der Waals surface area contributed by atoms with E-state index in [0.29, 0.717) is 32.8 Å². The van der Waals surface area contributed by atoms with E-state index in [9.17, 15) is 9.59 Å². The van der Waals surface area contributed by atoms with Crippen molar-refractivity contribution in [2.75, 3.05) is 59.0 Å². The van der Waals surface area contributed by atoms with Crippen LogP contribution in [0.4, 0.5) is 0 Å². The molecule has 2 N–H and O–H groups in total. The van der Waals surface area contributed by atoms with E-state index >= 15 is 0 Å². The number of carbonyl (C=O) groups is 2. The summed E-state index contributed by atoms with van der Waals surface area (Å²) in [6.45, 7) is 6.54. The van der Waals surface area contributed by atoms with E-state index in [4.69, 9.17) is 10.5 Å². The highest BCUT2D eigenvalue weighted by atomic mass is 35.5. The molecule has 9 heteroatoms. The van der Waals surface area contributed by atoms with Gasteiger partial charge in [0.05, 0.1) is 12.6 Å². The fourth-order valence-electron chi connectivity index (χ4n) is 3.87. The molecule has 1 atom stereocenters. The van der Waals surface area contributed by atoms with Crippen molar-refractivity contribution in [2.24, 2.45) is 11.7 Å². The molecule has 0 aromatic carbocycles. The Kier molecular flexibility index (Phi) is 10.2. The van der Waals surface area contributed by atoms with Crippen LogP contribution in [0.25, 0.3) is 0 Å². The number of halogens is 2. The number of amides is 2. The van der Waals surface area contributed by atoms with Crippen LogP contribution in [0.5, 0.6) is 0 Å². The van der Waals surface area contributed by atoms with E-state index in [1.165, 1.54) is 0 Å². The van der Waals surface area contributed by atoms with Crippen molar-refractivity contribution in [1.29, 1.82) is 0 Å². The maximum atomic E-state index is 12.6. The topological polar surface area (TPSA) is 79.1 Å². The standard InChI is InChI=1S/C17H30N4O3.2ClH/c18-16(14-3-11-24-12-4-14)17(23)21-9-7-19(8-10-21)13-15(22)20-5-1-2-6-20;;/h14,16H,1-13,18H2;2*1H. The molecule has 2 amide bonds. The van der Waals surface area contributed by atoms with E-state index in [2.05, 4.69) is 4.90 Å². The lowest BCUT2D eigenvalue weighted by molar-refractivity contribution is -0.137. The normalized spacial score (nSPS) is 23.1. The fraction of sp³-hybridized carbons (Fsp3) is 0.882. The average Bonchev–Trinajstić information content (AvgIpc) is 3.17. The summed E-state index contributed by atoms with van der Waals surface area (Å²) in [6, 6.07) is -0.410. The Bertz CT molecular complexity index is 449. The Morgan fingerprint density at radius 2 is 1.50 bits per heavy atom. The summed E-state index contributed by atoms with van der Waals surface area (Å²) >= 11 is 0. The molecule has 3 fully saturated rings. The van der Waals surface area contributed by atoms with Gasteiger partial charge in [0.1, 0.15) is 0 Å². The van der Waals surface area contributed by atoms with Crippen LogP contribution in [-0.2, 0) is 14.3 Å². The number of likely N-dealkylation sites (tertiary alicyclic amines) is 1. The van der Waals surface area contributed by atoms with E-state index in [-0.39, 0.29) is 42.5 Å². The van der Waals surface area contributed by atoms with Crippen molar-refractivity contribution < 1.29 is 14.3 Å². The van der Waals surface area contributed by atoms with Gasteiger partial charge in [0.25, 0.3) is 0 Å². The first-order valence-corrected chi connectivity index (χ1v) is 9.27. The second kappa shape index (κ2) is 11.3. The lowest BCUT2D eigenvalue weighted by Gasteiger charge is -2.37. The molecular weight excluding hydrogens is 379 g/mol. The Morgan fingerprint density at radius 3 is 2.08 bits per heavy atom. The number of nitrogens with two attached hydrogens (primary N) is 1. The van der Waals surface area contributed by atoms with Crippen LogP contribution in [-0.4, -0.2) is 91.6 Å². The number of hydrogen-bond acceptors (Lipinski definition) is 5. The van der Waals surface area contributed by atoms with Crippen LogP contribution in [0, 0.1) is 5.92 Å². The minimum Gasteiger partial charge on any atom is -0.381 e. The number of rotatable bonds is 4. The fourth-order valence-corrected chi connectivity index (χ4v) is 3.87. The summed E-state index contributed by atoms with van der Waals surface area (Å²) < 4.78 is 5.35. The van der Waals surface area contributed by atoms with E-state index in [1.54, 1.807) is 0 Å². The van der Waals surface area contributed by atoms with Gasteiger partial charge in [0.2, 0.25) is 11.8 Å². The lowest BCUT2D eigenvalue weighted by Crippen LogP contribution is -2.56. The Labute approximate surface area is 168 Å². The van der Waals surface area contributed by atoms with Crippen molar-refractivity contribution in [3.8, 4) is 0 Å². The smallest absolute Gasteiger partial charge is 0.239 e. The highest BCUT2D eigenvalue weighted by Crippen LogP contribution is 2.19. The summed E-state index contributed by atoms with van der Waals surface area (Å²) in [5.41, 5.74) is 6.20. The number of piperazine rings is 1. The first kappa shape index (κ1) is 23.4. The van der Waals surface area contributed by atoms with Gasteiger partial charge in [-0.2, -0.15) is 0 Å². The van der Waals surface area contributed by atoms with Crippen molar-refractivity contribution in [2.45, 2.75) is 31.7 Å². The van der Waals surface area contributed by atoms with Crippen LogP contribution in [0.1, 0.15) is 25.7 Å². The van der Waals surface area contributed by atoms with Gasteiger partial charge in [0.15, 0.2) is 0 Å². The maximum Gasteiger partial charge on any atom is 0.239 e. The SMILES string of the molecule is Cl.Cl.NC(C(=O)N1CCN(CC(=O)N2CCCC2)CC1)C1CCOCC1. The minimum atomic E-state index is -0.410. The maximum absolute atomic E-state index is 12.6. The summed E-state index contributed by atoms with van der Waals surface area (Å²) in [7, 11) is 0. The molecule has 3 heterocycles. The molecule has 3 aliphatic heterocycles. The van der Waals surface area contributed by atoms with Crippen LogP contribution < -0.4 is 5.73 Å². The lowest BCUT2D eigenvalue weighted by atomic mass is 9.91. The van der Waals surface area contributed by atoms with Crippen molar-refractivity contribution >= 4 is 36.6 Å². The first-order valence-electron chi connectivity index (χ1n) is 9.27. The van der Waals surface area contributed by atoms with Gasteiger partial charge in [-0.25, -0.2) is 0 Å². The zero-order chi connectivity index (χ0) is 16.9. The number of ether oxygens (including phenoxy) is 1. The first-order chi connectivity index (χ1) is 11.6. The molecular formula is C17H32Cl2N4O3. The summed E-state index contributed by atoms with van der Waals surface area (Å²) in [6.07, 6.45) is 3.99. The van der Waals surface area contributed by atoms with Crippen LogP contribution in [0.15, 0.2) is 0 Å². The van der Waals surface area contributed by atoms with Crippen LogP contribution in [0.2, 0.25) is 0 Å². The van der Waals surface area contributed by atoms with E-state index in [0.717, 1.165) is 51.9 Å². The largest absolute Gasteiger partial charge is 0.381 e. The number of hydrogen-bond donors (Lipinski definition) is 1. The summed E-state index contributed by atoms with van der Waals surface area (Å²) in [5.74, 6) is 0.527. The molecule has 3 aliphatic rings. The third kappa shape index (κ3) is 5.96. The molecule has 0 saturated carbocycles. The molecule has 7 nitrogen and oxygen atoms in total. The van der Waals surface area contributed by atoms with Gasteiger partial charge in [-0.3, -0.25) is 14.5 Å². The quantitative estimate of drug-likeness (QED) is 0.723. The summed E-state index contributed by atoms with van der Waals surface area (Å²) in [4.78, 5) is 30.8. The molecule has 0 aliphatic carbocycles. The molecule has 0 radical (unpaired) electrons. The predicted octanol–water partition coefficient (Wildman–Crippen LogP) is 0.351. The van der Waals surface area contributed by atoms with Crippen molar-refractivity contribution in [3.05, 3.63) is 0 Å². The predicted molar refractivity (Wildman–Crippen MR) is 105 cm³/mol. The molecule has 152 valence electrons. The molecule has 1 unspecified atom stereocenters. The van der Waals surface area contributed by atoms with Crippen LogP contribution in [0.3, 0.4) is 0 Å². The van der Waals surface area contributed by atoms with E-state index < -0.39 is 6.04 Å². The van der Waals surface area contributed by atoms with Gasteiger partial charge in [0, 0.05) is 52.5 Å². The molecule has 0 spiro atoms. The molecule has 3 saturated heterocycles. The Balaban J connectivity index is 0.00000169. The Hall–Kier alpha value is -0.600. The monoisotopic (exact) mass is 410 g/mol. The second-order valence-corrected chi connectivity index (χ2v) is 7.16. The molecule has 26 heavy (non-hydrogen) atoms. The van der Waals surface area contributed by atoms with Gasteiger partial charge < -0.3 is 20.3 Å². The van der Waals surface area contributed by atoms with Gasteiger partial charge in [-0.15, -0.1) is 24.8 Å². The average molecular weight is 411 g/mol. The Morgan fingerprint density at radius 1 is 0.923 bits per heavy atom. The number of nitrogens with zero attached hydrogens (tertiary/aromatic N) is 3. The molecule has 0 aromatic rings. The van der Waals surface area contributed by atoms with Gasteiger partial charge in [-0.05, 0) is 31.6 Å².